The highest BCUT2D eigenvalue weighted by atomic mass is 32.2. The Labute approximate surface area is 174 Å². The molecular formula is C22H13N3O4S. The van der Waals surface area contributed by atoms with Crippen LogP contribution in [0.4, 0.5) is 4.79 Å². The van der Waals surface area contributed by atoms with Crippen LogP contribution in [-0.2, 0) is 4.79 Å². The molecule has 0 radical (unpaired) electrons. The van der Waals surface area contributed by atoms with E-state index in [0.29, 0.717) is 27.7 Å². The number of amides is 2. The Bertz CT molecular complexity index is 1310. The van der Waals surface area contributed by atoms with Gasteiger partial charge in [0.2, 0.25) is 0 Å². The molecule has 146 valence electrons. The quantitative estimate of drug-likeness (QED) is 0.468. The zero-order valence-corrected chi connectivity index (χ0v) is 16.2. The molecule has 4 aromatic rings. The molecule has 5 rings (SSSR count). The molecule has 1 aliphatic rings. The molecule has 0 spiro atoms. The fraction of sp³-hybridized carbons (Fsp3) is 0. The van der Waals surface area contributed by atoms with Crippen molar-refractivity contribution in [2.75, 3.05) is 0 Å². The van der Waals surface area contributed by atoms with E-state index in [4.69, 9.17) is 9.15 Å². The van der Waals surface area contributed by atoms with Crippen LogP contribution in [0, 0.1) is 0 Å². The lowest BCUT2D eigenvalue weighted by Gasteiger charge is -2.08. The number of rotatable bonds is 4. The number of carbonyl (C=O) groups is 2. The molecule has 3 aromatic heterocycles. The maximum absolute atomic E-state index is 11.8. The number of imide groups is 1. The van der Waals surface area contributed by atoms with E-state index < -0.39 is 11.1 Å². The number of fused-ring (bicyclic) bond motifs is 1. The summed E-state index contributed by atoms with van der Waals surface area (Å²) in [6.07, 6.45) is 8.29. The number of nitrogens with one attached hydrogen (secondary N) is 1. The minimum atomic E-state index is -0.426. The van der Waals surface area contributed by atoms with E-state index >= 15 is 0 Å². The number of nitrogens with zero attached hydrogens (tertiary/aromatic N) is 2. The topological polar surface area (TPSA) is 94.3 Å². The third-order valence-corrected chi connectivity index (χ3v) is 5.20. The SMILES string of the molecule is O=C1NC(=O)C(=Cc2cc3cncc(-c4cccc(Oc5ccncc5)c4)c3o2)S1. The predicted molar refractivity (Wildman–Crippen MR) is 113 cm³/mol. The van der Waals surface area contributed by atoms with Gasteiger partial charge < -0.3 is 9.15 Å². The summed E-state index contributed by atoms with van der Waals surface area (Å²) in [5.74, 6) is 1.40. The fourth-order valence-corrected chi connectivity index (χ4v) is 3.74. The van der Waals surface area contributed by atoms with E-state index in [2.05, 4.69) is 15.3 Å². The molecule has 1 aliphatic heterocycles. The van der Waals surface area contributed by atoms with Crippen LogP contribution < -0.4 is 10.1 Å². The van der Waals surface area contributed by atoms with Crippen LogP contribution in [0.1, 0.15) is 5.76 Å². The van der Waals surface area contributed by atoms with Crippen LogP contribution in [-0.4, -0.2) is 21.1 Å². The summed E-state index contributed by atoms with van der Waals surface area (Å²) in [7, 11) is 0. The lowest BCUT2D eigenvalue weighted by atomic mass is 10.1. The molecule has 0 aliphatic carbocycles. The van der Waals surface area contributed by atoms with Gasteiger partial charge in [0.1, 0.15) is 22.8 Å². The van der Waals surface area contributed by atoms with Gasteiger partial charge in [-0.05, 0) is 47.7 Å². The van der Waals surface area contributed by atoms with Gasteiger partial charge >= 0.3 is 0 Å². The summed E-state index contributed by atoms with van der Waals surface area (Å²) in [6.45, 7) is 0. The molecule has 4 heterocycles. The number of hydrogen-bond donors (Lipinski definition) is 1. The summed E-state index contributed by atoms with van der Waals surface area (Å²) >= 11 is 0.847. The van der Waals surface area contributed by atoms with Crippen LogP contribution in [0.3, 0.4) is 0 Å². The van der Waals surface area contributed by atoms with Crippen molar-refractivity contribution in [3.8, 4) is 22.6 Å². The number of furan rings is 1. The lowest BCUT2D eigenvalue weighted by molar-refractivity contribution is -0.115. The van der Waals surface area contributed by atoms with Gasteiger partial charge in [-0.15, -0.1) is 0 Å². The molecule has 30 heavy (non-hydrogen) atoms. The van der Waals surface area contributed by atoms with Crippen molar-refractivity contribution < 1.29 is 18.7 Å². The zero-order chi connectivity index (χ0) is 20.5. The predicted octanol–water partition coefficient (Wildman–Crippen LogP) is 5.01. The Morgan fingerprint density at radius 2 is 1.87 bits per heavy atom. The van der Waals surface area contributed by atoms with Gasteiger partial charge in [0.05, 0.1) is 4.91 Å². The van der Waals surface area contributed by atoms with Gasteiger partial charge in [0.15, 0.2) is 0 Å². The van der Waals surface area contributed by atoms with Crippen LogP contribution in [0.15, 0.2) is 76.6 Å². The molecule has 1 N–H and O–H groups in total. The highest BCUT2D eigenvalue weighted by Gasteiger charge is 2.25. The van der Waals surface area contributed by atoms with Gasteiger partial charge in [-0.25, -0.2) is 0 Å². The summed E-state index contributed by atoms with van der Waals surface area (Å²) < 4.78 is 11.9. The number of carbonyl (C=O) groups excluding carboxylic acids is 2. The average molecular weight is 415 g/mol. The molecule has 8 heteroatoms. The van der Waals surface area contributed by atoms with E-state index in [0.717, 1.165) is 28.3 Å². The summed E-state index contributed by atoms with van der Waals surface area (Å²) in [6, 6.07) is 12.9. The normalized spacial score (nSPS) is 15.0. The third kappa shape index (κ3) is 3.56. The van der Waals surface area contributed by atoms with E-state index in [1.807, 2.05) is 24.3 Å². The van der Waals surface area contributed by atoms with Gasteiger partial charge in [-0.3, -0.25) is 24.9 Å². The van der Waals surface area contributed by atoms with Crippen molar-refractivity contribution in [1.82, 2.24) is 15.3 Å². The standard InChI is InChI=1S/C22H13N3O4S/c26-21-19(30-22(27)25-21)10-17-9-14-11-24-12-18(20(14)29-17)13-2-1-3-16(8-13)28-15-4-6-23-7-5-15/h1-12H,(H,25,26,27). The van der Waals surface area contributed by atoms with E-state index in [-0.39, 0.29) is 0 Å². The minimum Gasteiger partial charge on any atom is -0.457 e. The second kappa shape index (κ2) is 7.49. The van der Waals surface area contributed by atoms with E-state index in [9.17, 15) is 9.59 Å². The zero-order valence-electron chi connectivity index (χ0n) is 15.4. The maximum atomic E-state index is 11.8. The number of benzene rings is 1. The Hall–Kier alpha value is -3.91. The molecule has 7 nitrogen and oxygen atoms in total. The number of thioether (sulfide) groups is 1. The molecule has 1 saturated heterocycles. The van der Waals surface area contributed by atoms with Crippen LogP contribution in [0.5, 0.6) is 11.5 Å². The molecular weight excluding hydrogens is 402 g/mol. The largest absolute Gasteiger partial charge is 0.457 e. The van der Waals surface area contributed by atoms with Crippen LogP contribution in [0.25, 0.3) is 28.2 Å². The van der Waals surface area contributed by atoms with Gasteiger partial charge in [-0.2, -0.15) is 0 Å². The molecule has 1 aromatic carbocycles. The number of ether oxygens (including phenoxy) is 1. The van der Waals surface area contributed by atoms with Crippen molar-refractivity contribution in [2.45, 2.75) is 0 Å². The second-order valence-corrected chi connectivity index (χ2v) is 7.43. The fourth-order valence-electron chi connectivity index (χ4n) is 3.08. The molecule has 1 fully saturated rings. The molecule has 0 unspecified atom stereocenters. The Balaban J connectivity index is 1.51. The Morgan fingerprint density at radius 3 is 2.67 bits per heavy atom. The summed E-state index contributed by atoms with van der Waals surface area (Å²) in [4.78, 5) is 31.7. The smallest absolute Gasteiger partial charge is 0.290 e. The van der Waals surface area contributed by atoms with Crippen molar-refractivity contribution in [2.24, 2.45) is 0 Å². The molecule has 0 bridgehead atoms. The first-order chi connectivity index (χ1) is 14.7. The maximum Gasteiger partial charge on any atom is 0.290 e. The number of hydrogen-bond acceptors (Lipinski definition) is 7. The van der Waals surface area contributed by atoms with Crippen molar-refractivity contribution in [3.05, 3.63) is 77.9 Å². The van der Waals surface area contributed by atoms with Gasteiger partial charge in [0, 0.05) is 41.8 Å². The van der Waals surface area contributed by atoms with E-state index in [1.54, 1.807) is 49.1 Å². The molecule has 0 saturated carbocycles. The number of pyridine rings is 2. The van der Waals surface area contributed by atoms with Crippen LogP contribution in [0.2, 0.25) is 0 Å². The summed E-state index contributed by atoms with van der Waals surface area (Å²) in [5.41, 5.74) is 2.29. The van der Waals surface area contributed by atoms with Gasteiger partial charge in [0.25, 0.3) is 11.1 Å². The third-order valence-electron chi connectivity index (χ3n) is 4.39. The highest BCUT2D eigenvalue weighted by molar-refractivity contribution is 8.18. The van der Waals surface area contributed by atoms with Crippen LogP contribution >= 0.6 is 11.8 Å². The number of aromatic nitrogens is 2. The first-order valence-corrected chi connectivity index (χ1v) is 9.78. The molecule has 0 atom stereocenters. The van der Waals surface area contributed by atoms with E-state index in [1.165, 1.54) is 0 Å². The highest BCUT2D eigenvalue weighted by Crippen LogP contribution is 2.34. The first kappa shape index (κ1) is 18.1. The summed E-state index contributed by atoms with van der Waals surface area (Å²) in [5, 5.41) is 2.62. The van der Waals surface area contributed by atoms with Crippen molar-refractivity contribution >= 4 is 40.0 Å². The van der Waals surface area contributed by atoms with Crippen molar-refractivity contribution in [1.29, 1.82) is 0 Å². The Morgan fingerprint density at radius 1 is 1.00 bits per heavy atom. The van der Waals surface area contributed by atoms with Crippen molar-refractivity contribution in [3.63, 3.8) is 0 Å². The average Bonchev–Trinajstić information content (AvgIpc) is 3.30. The minimum absolute atomic E-state index is 0.293. The first-order valence-electron chi connectivity index (χ1n) is 8.96. The lowest BCUT2D eigenvalue weighted by Crippen LogP contribution is -2.17. The van der Waals surface area contributed by atoms with Gasteiger partial charge in [-0.1, -0.05) is 12.1 Å². The second-order valence-electron chi connectivity index (χ2n) is 6.42. The molecule has 2 amide bonds. The Kier molecular flexibility index (Phi) is 4.53. The monoisotopic (exact) mass is 415 g/mol.